The molecule has 0 amide bonds. The van der Waals surface area contributed by atoms with Crippen LogP contribution in [0.2, 0.25) is 0 Å². The van der Waals surface area contributed by atoms with E-state index in [1.807, 2.05) is 20.8 Å². The maximum atomic E-state index is 12.7. The predicted molar refractivity (Wildman–Crippen MR) is 121 cm³/mol. The fraction of sp³-hybridized carbons (Fsp3) is 0.700. The van der Waals surface area contributed by atoms with Gasteiger partial charge in [0.1, 0.15) is 12.4 Å². The van der Waals surface area contributed by atoms with Gasteiger partial charge in [-0.05, 0) is 13.8 Å². The van der Waals surface area contributed by atoms with Crippen molar-refractivity contribution in [1.82, 2.24) is 24.5 Å². The first kappa shape index (κ1) is 27.1. The molecule has 0 spiro atoms. The van der Waals surface area contributed by atoms with Crippen molar-refractivity contribution in [1.29, 1.82) is 0 Å². The molecular formula is C20H34N5O7P. The number of rotatable bonds is 10. The van der Waals surface area contributed by atoms with Crippen LogP contribution in [0.3, 0.4) is 0 Å². The lowest BCUT2D eigenvalue weighted by Gasteiger charge is -2.20. The second-order valence-corrected chi connectivity index (χ2v) is 9.20. The van der Waals surface area contributed by atoms with Crippen molar-refractivity contribution in [2.24, 2.45) is 5.92 Å². The zero-order valence-corrected chi connectivity index (χ0v) is 20.9. The number of hydrogen-bond acceptors (Lipinski definition) is 9. The molecule has 0 radical (unpaired) electrons. The molecule has 0 saturated carbocycles. The quantitative estimate of drug-likeness (QED) is 0.499. The fourth-order valence-corrected chi connectivity index (χ4v) is 5.18. The van der Waals surface area contributed by atoms with Crippen molar-refractivity contribution in [3.63, 3.8) is 0 Å². The van der Waals surface area contributed by atoms with Crippen molar-refractivity contribution < 1.29 is 23.1 Å². The molecule has 1 aliphatic rings. The van der Waals surface area contributed by atoms with Crippen LogP contribution in [0.1, 0.15) is 46.5 Å². The van der Waals surface area contributed by atoms with E-state index in [0.717, 1.165) is 0 Å². The van der Waals surface area contributed by atoms with Gasteiger partial charge in [-0.25, -0.2) is 9.48 Å². The first-order valence-corrected chi connectivity index (χ1v) is 12.8. The molecule has 12 nitrogen and oxygen atoms in total. The summed E-state index contributed by atoms with van der Waals surface area (Å²) in [6, 6.07) is 1.26. The van der Waals surface area contributed by atoms with E-state index in [4.69, 9.17) is 18.5 Å². The lowest BCUT2D eigenvalue weighted by atomic mass is 9.97. The fourth-order valence-electron chi connectivity index (χ4n) is 3.67. The smallest absolute Gasteiger partial charge is 0.351 e. The average Bonchev–Trinajstić information content (AvgIpc) is 3.33. The van der Waals surface area contributed by atoms with E-state index in [2.05, 4.69) is 15.3 Å². The summed E-state index contributed by atoms with van der Waals surface area (Å²) < 4.78 is 37.7. The second kappa shape index (κ2) is 12.4. The minimum atomic E-state index is -3.31. The number of ether oxygens (including phenoxy) is 2. The van der Waals surface area contributed by atoms with E-state index in [1.54, 1.807) is 27.2 Å². The molecule has 33 heavy (non-hydrogen) atoms. The van der Waals surface area contributed by atoms with E-state index in [1.165, 1.54) is 21.5 Å². The van der Waals surface area contributed by atoms with Gasteiger partial charge in [0.15, 0.2) is 6.23 Å². The molecule has 0 aliphatic carbocycles. The van der Waals surface area contributed by atoms with Crippen LogP contribution in [-0.2, 0) is 35.8 Å². The van der Waals surface area contributed by atoms with Crippen molar-refractivity contribution in [2.75, 3.05) is 20.3 Å². The van der Waals surface area contributed by atoms with E-state index >= 15 is 0 Å². The molecule has 1 aliphatic heterocycles. The van der Waals surface area contributed by atoms with Crippen LogP contribution < -0.4 is 11.2 Å². The Labute approximate surface area is 192 Å². The monoisotopic (exact) mass is 487 g/mol. The molecule has 0 bridgehead atoms. The van der Waals surface area contributed by atoms with Gasteiger partial charge in [0.25, 0.3) is 5.56 Å². The van der Waals surface area contributed by atoms with Gasteiger partial charge < -0.3 is 18.5 Å². The van der Waals surface area contributed by atoms with Gasteiger partial charge in [0, 0.05) is 37.9 Å². The van der Waals surface area contributed by atoms with Crippen LogP contribution in [0.4, 0.5) is 0 Å². The van der Waals surface area contributed by atoms with Gasteiger partial charge in [0.05, 0.1) is 25.0 Å². The van der Waals surface area contributed by atoms with Crippen molar-refractivity contribution in [2.45, 2.75) is 65.8 Å². The number of nitrogens with zero attached hydrogens (tertiary/aromatic N) is 4. The number of methoxy groups -OCH3 is 1. The third-order valence-corrected chi connectivity index (χ3v) is 7.00. The summed E-state index contributed by atoms with van der Waals surface area (Å²) in [5, 5.41) is 8.17. The molecule has 1 fully saturated rings. The Balaban J connectivity index is 0.00000187. The number of aromatic nitrogens is 5. The zero-order valence-electron chi connectivity index (χ0n) is 20.0. The average molecular weight is 487 g/mol. The number of nitrogens with one attached hydrogen (secondary N) is 1. The Kier molecular flexibility index (Phi) is 10.2. The SMILES string of the molecule is CC.CCOP(=O)(Cn1cc(CC2OC(n3ccc(=O)[nH]c3=O)C(OC)C2C)nn1)OCC. The van der Waals surface area contributed by atoms with Crippen LogP contribution >= 0.6 is 7.60 Å². The first-order chi connectivity index (χ1) is 15.8. The highest BCUT2D eigenvalue weighted by Gasteiger charge is 2.44. The Hall–Kier alpha value is -2.11. The van der Waals surface area contributed by atoms with E-state index in [0.29, 0.717) is 12.1 Å². The highest BCUT2D eigenvalue weighted by molar-refractivity contribution is 7.52. The molecule has 186 valence electrons. The van der Waals surface area contributed by atoms with Gasteiger partial charge in [-0.1, -0.05) is 26.0 Å². The van der Waals surface area contributed by atoms with Crippen molar-refractivity contribution >= 4 is 7.60 Å². The largest absolute Gasteiger partial charge is 0.376 e. The molecule has 13 heteroatoms. The van der Waals surface area contributed by atoms with Gasteiger partial charge >= 0.3 is 13.3 Å². The second-order valence-electron chi connectivity index (χ2n) is 7.18. The predicted octanol–water partition coefficient (Wildman–Crippen LogP) is 2.17. The Morgan fingerprint density at radius 3 is 2.45 bits per heavy atom. The molecule has 0 aromatic carbocycles. The summed E-state index contributed by atoms with van der Waals surface area (Å²) in [4.78, 5) is 25.8. The number of hydrogen-bond donors (Lipinski definition) is 1. The highest BCUT2D eigenvalue weighted by Crippen LogP contribution is 2.49. The number of H-pyrrole nitrogens is 1. The van der Waals surface area contributed by atoms with Gasteiger partial charge in [-0.2, -0.15) is 0 Å². The maximum absolute atomic E-state index is 12.7. The van der Waals surface area contributed by atoms with E-state index in [9.17, 15) is 14.2 Å². The summed E-state index contributed by atoms with van der Waals surface area (Å²) in [7, 11) is -1.76. The molecule has 4 unspecified atom stereocenters. The van der Waals surface area contributed by atoms with E-state index < -0.39 is 31.2 Å². The summed E-state index contributed by atoms with van der Waals surface area (Å²) in [5.41, 5.74) is -0.424. The topological polar surface area (TPSA) is 140 Å². The standard InChI is InChI=1S/C18H28N5O7P.C2H6/c1-5-28-31(26,29-6-2)11-22-10-13(20-21-22)9-14-12(3)16(27-4)17(30-14)23-8-7-15(24)19-18(23)25;1-2/h7-8,10,12,14,16-17H,5-6,9,11H2,1-4H3,(H,19,24,25);1-2H3. The van der Waals surface area contributed by atoms with Crippen molar-refractivity contribution in [3.8, 4) is 0 Å². The van der Waals surface area contributed by atoms with Crippen LogP contribution in [0, 0.1) is 5.92 Å². The van der Waals surface area contributed by atoms with Crippen LogP contribution in [0.25, 0.3) is 0 Å². The summed E-state index contributed by atoms with van der Waals surface area (Å²) in [5.74, 6) is -0.0723. The highest BCUT2D eigenvalue weighted by atomic mass is 31.2. The molecule has 3 rings (SSSR count). The van der Waals surface area contributed by atoms with Crippen LogP contribution in [0.5, 0.6) is 0 Å². The number of aromatic amines is 1. The lowest BCUT2D eigenvalue weighted by Crippen LogP contribution is -2.36. The minimum Gasteiger partial charge on any atom is -0.376 e. The molecular weight excluding hydrogens is 453 g/mol. The third kappa shape index (κ3) is 6.70. The first-order valence-electron chi connectivity index (χ1n) is 11.1. The molecule has 4 atom stereocenters. The summed E-state index contributed by atoms with van der Waals surface area (Å²) >= 11 is 0. The molecule has 2 aromatic heterocycles. The van der Waals surface area contributed by atoms with Gasteiger partial charge in [0.2, 0.25) is 0 Å². The van der Waals surface area contributed by atoms with Gasteiger partial charge in [-0.15, -0.1) is 5.10 Å². The molecule has 2 aromatic rings. The minimum absolute atomic E-state index is 0.0428. The van der Waals surface area contributed by atoms with Gasteiger partial charge in [-0.3, -0.25) is 18.9 Å². The Morgan fingerprint density at radius 2 is 1.88 bits per heavy atom. The molecule has 1 N–H and O–H groups in total. The summed E-state index contributed by atoms with van der Waals surface area (Å²) in [6.07, 6.45) is 2.01. The molecule has 1 saturated heterocycles. The normalized spacial score (nSPS) is 22.7. The Morgan fingerprint density at radius 1 is 1.21 bits per heavy atom. The van der Waals surface area contributed by atoms with Crippen molar-refractivity contribution in [3.05, 3.63) is 45.0 Å². The third-order valence-electron chi connectivity index (χ3n) is 5.06. The Bertz CT molecular complexity index is 1030. The zero-order chi connectivity index (χ0) is 24.6. The van der Waals surface area contributed by atoms with Crippen LogP contribution in [-0.4, -0.2) is 57.1 Å². The van der Waals surface area contributed by atoms with E-state index in [-0.39, 0.29) is 31.5 Å². The molecule has 3 heterocycles. The van der Waals surface area contributed by atoms with Crippen LogP contribution in [0.15, 0.2) is 28.0 Å². The maximum Gasteiger partial charge on any atom is 0.351 e. The summed E-state index contributed by atoms with van der Waals surface area (Å²) in [6.45, 7) is 9.96. The lowest BCUT2D eigenvalue weighted by molar-refractivity contribution is -0.0524.